The van der Waals surface area contributed by atoms with Crippen molar-refractivity contribution in [2.45, 2.75) is 26.9 Å². The van der Waals surface area contributed by atoms with E-state index in [9.17, 15) is 9.59 Å². The Hall–Kier alpha value is -2.89. The van der Waals surface area contributed by atoms with Crippen LogP contribution in [0.1, 0.15) is 45.8 Å². The first-order valence-electron chi connectivity index (χ1n) is 7.54. The lowest BCUT2D eigenvalue weighted by Crippen LogP contribution is -2.10. The van der Waals surface area contributed by atoms with Gasteiger partial charge in [-0.05, 0) is 51.1 Å². The molecule has 0 unspecified atom stereocenters. The van der Waals surface area contributed by atoms with E-state index in [0.29, 0.717) is 5.75 Å². The number of aromatic nitrogens is 2. The number of nitrogens with zero attached hydrogens (tertiary/aromatic N) is 2. The fraction of sp³-hybridized carbons (Fsp3) is 0.278. The molecular formula is C18H20N2O4. The van der Waals surface area contributed by atoms with Crippen LogP contribution in [0.4, 0.5) is 0 Å². The monoisotopic (exact) mass is 328 g/mol. The van der Waals surface area contributed by atoms with E-state index >= 15 is 0 Å². The van der Waals surface area contributed by atoms with Crippen LogP contribution < -0.4 is 4.74 Å². The quantitative estimate of drug-likeness (QED) is 0.651. The molecule has 0 fully saturated rings. The number of benzene rings is 1. The van der Waals surface area contributed by atoms with Crippen LogP contribution in [0.25, 0.3) is 6.08 Å². The molecule has 0 bridgehead atoms. The number of aryl methyl sites for hydroxylation is 2. The molecule has 0 atom stereocenters. The highest BCUT2D eigenvalue weighted by molar-refractivity contribution is 6.09. The Labute approximate surface area is 140 Å². The topological polar surface area (TPSA) is 81.4 Å². The minimum Gasteiger partial charge on any atom is -0.490 e. The third kappa shape index (κ3) is 4.10. The summed E-state index contributed by atoms with van der Waals surface area (Å²) in [5.74, 6) is -1.04. The molecule has 0 saturated carbocycles. The number of carboxylic acids is 1. The van der Waals surface area contributed by atoms with E-state index in [4.69, 9.17) is 9.84 Å². The second-order valence-corrected chi connectivity index (χ2v) is 5.72. The molecule has 2 rings (SSSR count). The Morgan fingerprint density at radius 3 is 2.58 bits per heavy atom. The van der Waals surface area contributed by atoms with E-state index in [-0.39, 0.29) is 23.0 Å². The molecule has 1 aromatic heterocycles. The zero-order valence-corrected chi connectivity index (χ0v) is 14.1. The second kappa shape index (κ2) is 7.12. The Kier molecular flexibility index (Phi) is 5.18. The highest BCUT2D eigenvalue weighted by atomic mass is 16.5. The molecule has 0 radical (unpaired) electrons. The molecule has 6 heteroatoms. The number of hydrogen-bond donors (Lipinski definition) is 1. The maximum atomic E-state index is 12.5. The van der Waals surface area contributed by atoms with Crippen LogP contribution in [-0.2, 0) is 7.05 Å². The van der Waals surface area contributed by atoms with E-state index in [2.05, 4.69) is 5.10 Å². The smallest absolute Gasteiger partial charge is 0.335 e. The molecule has 1 N–H and O–H groups in total. The van der Waals surface area contributed by atoms with Crippen molar-refractivity contribution >= 4 is 17.8 Å². The minimum atomic E-state index is -1.09. The molecule has 2 aromatic rings. The largest absolute Gasteiger partial charge is 0.490 e. The molecule has 0 saturated heterocycles. The summed E-state index contributed by atoms with van der Waals surface area (Å²) in [4.78, 5) is 23.7. The maximum absolute atomic E-state index is 12.5. The van der Waals surface area contributed by atoms with Gasteiger partial charge in [-0.3, -0.25) is 9.48 Å². The fourth-order valence-electron chi connectivity index (χ4n) is 2.25. The minimum absolute atomic E-state index is 0.0421. The van der Waals surface area contributed by atoms with Crippen molar-refractivity contribution in [2.75, 3.05) is 0 Å². The molecule has 126 valence electrons. The number of ketones is 1. The van der Waals surface area contributed by atoms with E-state index in [1.54, 1.807) is 24.0 Å². The number of carbonyl (C=O) groups excluding carboxylic acids is 1. The number of allylic oxidation sites excluding steroid dienone is 1. The summed E-state index contributed by atoms with van der Waals surface area (Å²) in [6, 6.07) is 4.27. The molecule has 1 heterocycles. The molecule has 1 aromatic carbocycles. The van der Waals surface area contributed by atoms with Crippen molar-refractivity contribution in [1.29, 1.82) is 0 Å². The summed E-state index contributed by atoms with van der Waals surface area (Å²) in [5.41, 5.74) is 1.90. The van der Waals surface area contributed by atoms with Crippen molar-refractivity contribution in [1.82, 2.24) is 9.78 Å². The van der Waals surface area contributed by atoms with Crippen molar-refractivity contribution in [2.24, 2.45) is 7.05 Å². The average Bonchev–Trinajstić information content (AvgIpc) is 2.82. The van der Waals surface area contributed by atoms with E-state index < -0.39 is 5.97 Å². The first-order valence-corrected chi connectivity index (χ1v) is 7.54. The van der Waals surface area contributed by atoms with Gasteiger partial charge < -0.3 is 9.84 Å². The molecule has 0 aliphatic carbocycles. The van der Waals surface area contributed by atoms with Gasteiger partial charge in [0.05, 0.1) is 22.9 Å². The van der Waals surface area contributed by atoms with Crippen molar-refractivity contribution in [3.05, 3.63) is 52.9 Å². The van der Waals surface area contributed by atoms with Crippen molar-refractivity contribution in [3.63, 3.8) is 0 Å². The van der Waals surface area contributed by atoms with E-state index in [1.165, 1.54) is 24.3 Å². The molecule has 0 amide bonds. The van der Waals surface area contributed by atoms with Gasteiger partial charge in [0.15, 0.2) is 5.78 Å². The van der Waals surface area contributed by atoms with Gasteiger partial charge >= 0.3 is 5.97 Å². The highest BCUT2D eigenvalue weighted by Gasteiger charge is 2.15. The third-order valence-electron chi connectivity index (χ3n) is 3.32. The Bertz CT molecular complexity index is 803. The molecular weight excluding hydrogens is 308 g/mol. The number of rotatable bonds is 6. The van der Waals surface area contributed by atoms with Crippen LogP contribution in [0.5, 0.6) is 5.75 Å². The number of carboxylic acid groups (broad SMARTS) is 1. The first kappa shape index (κ1) is 17.5. The van der Waals surface area contributed by atoms with E-state index in [1.807, 2.05) is 20.8 Å². The number of hydrogen-bond acceptors (Lipinski definition) is 4. The Morgan fingerprint density at radius 2 is 2.04 bits per heavy atom. The summed E-state index contributed by atoms with van der Waals surface area (Å²) in [6.45, 7) is 5.53. The lowest BCUT2D eigenvalue weighted by molar-refractivity contribution is 0.0697. The molecule has 0 aliphatic rings. The van der Waals surface area contributed by atoms with Gasteiger partial charge in [-0.15, -0.1) is 0 Å². The van der Waals surface area contributed by atoms with Crippen molar-refractivity contribution < 1.29 is 19.4 Å². The molecule has 0 spiro atoms. The molecule has 0 aliphatic heterocycles. The van der Waals surface area contributed by atoms with Crippen LogP contribution in [0.3, 0.4) is 0 Å². The third-order valence-corrected chi connectivity index (χ3v) is 3.32. The maximum Gasteiger partial charge on any atom is 0.335 e. The first-order chi connectivity index (χ1) is 11.3. The standard InChI is InChI=1S/C18H20N2O4/c1-11(2)24-17-8-6-13(18(22)23)9-15(17)16(21)7-5-14-10-20(4)19-12(14)3/h5-11H,1-4H3,(H,22,23)/b7-5+. The zero-order valence-electron chi connectivity index (χ0n) is 14.1. The van der Waals surface area contributed by atoms with Gasteiger partial charge in [-0.1, -0.05) is 0 Å². The number of aromatic carboxylic acids is 1. The van der Waals surface area contributed by atoms with Crippen LogP contribution in [0.15, 0.2) is 30.5 Å². The average molecular weight is 328 g/mol. The summed E-state index contributed by atoms with van der Waals surface area (Å²) in [7, 11) is 1.80. The lowest BCUT2D eigenvalue weighted by atomic mass is 10.0. The van der Waals surface area contributed by atoms with Gasteiger partial charge in [-0.2, -0.15) is 5.10 Å². The predicted octanol–water partition coefficient (Wildman–Crippen LogP) is 3.11. The molecule has 6 nitrogen and oxygen atoms in total. The van der Waals surface area contributed by atoms with Crippen LogP contribution in [0.2, 0.25) is 0 Å². The predicted molar refractivity (Wildman–Crippen MR) is 90.5 cm³/mol. The summed E-state index contributed by atoms with van der Waals surface area (Å²) in [5, 5.41) is 13.3. The van der Waals surface area contributed by atoms with Crippen LogP contribution >= 0.6 is 0 Å². The zero-order chi connectivity index (χ0) is 17.9. The van der Waals surface area contributed by atoms with Crippen LogP contribution in [-0.4, -0.2) is 32.7 Å². The highest BCUT2D eigenvalue weighted by Crippen LogP contribution is 2.23. The van der Waals surface area contributed by atoms with Crippen molar-refractivity contribution in [3.8, 4) is 5.75 Å². The SMILES string of the molecule is Cc1nn(C)cc1/C=C/C(=O)c1cc(C(=O)O)ccc1OC(C)C. The number of carbonyl (C=O) groups is 2. The normalized spacial score (nSPS) is 11.2. The van der Waals surface area contributed by atoms with Gasteiger partial charge in [0.1, 0.15) is 5.75 Å². The van der Waals surface area contributed by atoms with Gasteiger partial charge in [-0.25, -0.2) is 4.79 Å². The summed E-state index contributed by atoms with van der Waals surface area (Å²) < 4.78 is 7.28. The Balaban J connectivity index is 2.36. The second-order valence-electron chi connectivity index (χ2n) is 5.72. The summed E-state index contributed by atoms with van der Waals surface area (Å²) >= 11 is 0. The van der Waals surface area contributed by atoms with Gasteiger partial charge in [0.2, 0.25) is 0 Å². The lowest BCUT2D eigenvalue weighted by Gasteiger charge is -2.13. The van der Waals surface area contributed by atoms with Crippen LogP contribution in [0, 0.1) is 6.92 Å². The Morgan fingerprint density at radius 1 is 1.33 bits per heavy atom. The molecule has 24 heavy (non-hydrogen) atoms. The summed E-state index contributed by atoms with van der Waals surface area (Å²) in [6.07, 6.45) is 4.74. The van der Waals surface area contributed by atoms with Gasteiger partial charge in [0, 0.05) is 18.8 Å². The fourth-order valence-corrected chi connectivity index (χ4v) is 2.25. The van der Waals surface area contributed by atoms with Gasteiger partial charge in [0.25, 0.3) is 0 Å². The number of ether oxygens (including phenoxy) is 1. The van der Waals surface area contributed by atoms with E-state index in [0.717, 1.165) is 11.3 Å².